The quantitative estimate of drug-likeness (QED) is 0.749. The van der Waals surface area contributed by atoms with E-state index in [1.807, 2.05) is 0 Å². The van der Waals surface area contributed by atoms with Gasteiger partial charge in [-0.15, -0.1) is 0 Å². The van der Waals surface area contributed by atoms with Crippen LogP contribution in [0.5, 0.6) is 11.5 Å². The van der Waals surface area contributed by atoms with Crippen LogP contribution in [-0.2, 0) is 0 Å². The van der Waals surface area contributed by atoms with Crippen molar-refractivity contribution in [3.63, 3.8) is 0 Å². The molecule has 69 valence electrons. The molecule has 0 aliphatic rings. The molecule has 0 unspecified atom stereocenters. The Morgan fingerprint density at radius 3 is 2.50 bits per heavy atom. The Morgan fingerprint density at radius 1 is 1.07 bits per heavy atom. The van der Waals surface area contributed by atoms with E-state index in [0.717, 1.165) is 5.75 Å². The van der Waals surface area contributed by atoms with E-state index in [-0.39, 0.29) is 0 Å². The maximum atomic E-state index is 5.74. The van der Waals surface area contributed by atoms with Gasteiger partial charge in [-0.25, -0.2) is 0 Å². The monoisotopic (exact) mass is 204 g/mol. The summed E-state index contributed by atoms with van der Waals surface area (Å²) in [6.45, 7) is 0. The summed E-state index contributed by atoms with van der Waals surface area (Å²) in [4.78, 5) is 3.82. The molecule has 2 nitrogen and oxygen atoms in total. The van der Waals surface area contributed by atoms with Crippen molar-refractivity contribution in [1.82, 2.24) is 4.98 Å². The van der Waals surface area contributed by atoms with Crippen molar-refractivity contribution >= 4 is 11.6 Å². The highest BCUT2D eigenvalue weighted by molar-refractivity contribution is 6.30. The highest BCUT2D eigenvalue weighted by atomic mass is 35.5. The SMILES string of the molecule is Clc1ccc(Oc2cc[c]nc2)cc1. The zero-order valence-electron chi connectivity index (χ0n) is 7.27. The Labute approximate surface area is 87.1 Å². The van der Waals surface area contributed by atoms with Crippen LogP contribution in [0.4, 0.5) is 0 Å². The van der Waals surface area contributed by atoms with Crippen molar-refractivity contribution in [3.05, 3.63) is 53.8 Å². The average molecular weight is 205 g/mol. The second kappa shape index (κ2) is 4.11. The van der Waals surface area contributed by atoms with Gasteiger partial charge in [0.05, 0.1) is 12.4 Å². The molecule has 1 heterocycles. The molecule has 0 aliphatic carbocycles. The molecule has 1 radical (unpaired) electrons. The van der Waals surface area contributed by atoms with Crippen LogP contribution in [0.15, 0.2) is 42.6 Å². The standard InChI is InChI=1S/C11H7ClNO/c12-9-3-5-10(6-4-9)14-11-2-1-7-13-8-11/h1-6,8H. The average Bonchev–Trinajstić information content (AvgIpc) is 2.23. The molecular weight excluding hydrogens is 198 g/mol. The van der Waals surface area contributed by atoms with Crippen LogP contribution >= 0.6 is 11.6 Å². The normalized spacial score (nSPS) is 9.79. The number of benzene rings is 1. The summed E-state index contributed by atoms with van der Waals surface area (Å²) in [5, 5.41) is 0.692. The van der Waals surface area contributed by atoms with Crippen LogP contribution in [-0.4, -0.2) is 4.98 Å². The molecule has 2 aromatic rings. The summed E-state index contributed by atoms with van der Waals surface area (Å²) in [5.41, 5.74) is 0. The van der Waals surface area contributed by atoms with E-state index in [2.05, 4.69) is 11.2 Å². The molecule has 0 bridgehead atoms. The highest BCUT2D eigenvalue weighted by Crippen LogP contribution is 2.21. The van der Waals surface area contributed by atoms with Crippen LogP contribution in [0, 0.1) is 6.20 Å². The molecule has 0 fully saturated rings. The van der Waals surface area contributed by atoms with E-state index >= 15 is 0 Å². The molecule has 0 amide bonds. The Kier molecular flexibility index (Phi) is 2.65. The van der Waals surface area contributed by atoms with E-state index in [1.165, 1.54) is 0 Å². The summed E-state index contributed by atoms with van der Waals surface area (Å²) in [5.74, 6) is 1.42. The van der Waals surface area contributed by atoms with Crippen LogP contribution in [0.3, 0.4) is 0 Å². The molecule has 0 atom stereocenters. The predicted octanol–water partition coefficient (Wildman–Crippen LogP) is 3.33. The minimum absolute atomic E-state index is 0.686. The van der Waals surface area contributed by atoms with E-state index in [0.29, 0.717) is 10.8 Å². The van der Waals surface area contributed by atoms with Gasteiger partial charge < -0.3 is 4.74 Å². The fourth-order valence-corrected chi connectivity index (χ4v) is 1.13. The number of pyridine rings is 1. The zero-order valence-corrected chi connectivity index (χ0v) is 8.03. The zero-order chi connectivity index (χ0) is 9.80. The largest absolute Gasteiger partial charge is 0.456 e. The van der Waals surface area contributed by atoms with Gasteiger partial charge in [0, 0.05) is 5.02 Å². The molecule has 0 N–H and O–H groups in total. The third kappa shape index (κ3) is 2.24. The number of hydrogen-bond donors (Lipinski definition) is 0. The van der Waals surface area contributed by atoms with Gasteiger partial charge in [-0.2, -0.15) is 0 Å². The predicted molar refractivity (Wildman–Crippen MR) is 54.6 cm³/mol. The highest BCUT2D eigenvalue weighted by Gasteiger charge is 1.95. The molecule has 1 aromatic carbocycles. The molecule has 0 spiro atoms. The first-order valence-corrected chi connectivity index (χ1v) is 4.48. The molecule has 0 saturated heterocycles. The fourth-order valence-electron chi connectivity index (χ4n) is 1.01. The first-order valence-electron chi connectivity index (χ1n) is 4.10. The van der Waals surface area contributed by atoms with Gasteiger partial charge >= 0.3 is 0 Å². The number of nitrogens with zero attached hydrogens (tertiary/aromatic N) is 1. The molecule has 3 heteroatoms. The van der Waals surface area contributed by atoms with Crippen molar-refractivity contribution in [2.24, 2.45) is 0 Å². The van der Waals surface area contributed by atoms with Crippen LogP contribution < -0.4 is 4.74 Å². The van der Waals surface area contributed by atoms with Crippen LogP contribution in [0.1, 0.15) is 0 Å². The first-order chi connectivity index (χ1) is 6.84. The Bertz CT molecular complexity index is 399. The van der Waals surface area contributed by atoms with E-state index in [9.17, 15) is 0 Å². The number of ether oxygens (including phenoxy) is 1. The summed E-state index contributed by atoms with van der Waals surface area (Å²) in [6, 6.07) is 10.7. The van der Waals surface area contributed by atoms with Crippen LogP contribution in [0.2, 0.25) is 5.02 Å². The Balaban J connectivity index is 2.16. The topological polar surface area (TPSA) is 22.1 Å². The van der Waals surface area contributed by atoms with Gasteiger partial charge in [0.1, 0.15) is 11.5 Å². The van der Waals surface area contributed by atoms with E-state index in [1.54, 1.807) is 42.6 Å². The summed E-state index contributed by atoms with van der Waals surface area (Å²) in [6.07, 6.45) is 4.28. The maximum absolute atomic E-state index is 5.74. The van der Waals surface area contributed by atoms with Gasteiger partial charge in [0.15, 0.2) is 0 Å². The lowest BCUT2D eigenvalue weighted by Gasteiger charge is -2.03. The smallest absolute Gasteiger partial charge is 0.145 e. The molecule has 1 aromatic heterocycles. The summed E-state index contributed by atoms with van der Waals surface area (Å²) < 4.78 is 5.49. The fraction of sp³-hybridized carbons (Fsp3) is 0. The number of rotatable bonds is 2. The minimum atomic E-state index is 0.686. The third-order valence-electron chi connectivity index (χ3n) is 1.64. The van der Waals surface area contributed by atoms with Crippen molar-refractivity contribution < 1.29 is 4.74 Å². The maximum Gasteiger partial charge on any atom is 0.145 e. The third-order valence-corrected chi connectivity index (χ3v) is 1.89. The molecular formula is C11H7ClNO. The summed E-state index contributed by atoms with van der Waals surface area (Å²) in [7, 11) is 0. The Morgan fingerprint density at radius 2 is 1.86 bits per heavy atom. The lowest BCUT2D eigenvalue weighted by atomic mass is 10.3. The second-order valence-corrected chi connectivity index (χ2v) is 3.12. The first kappa shape index (κ1) is 9.03. The molecule has 0 saturated carbocycles. The molecule has 0 aliphatic heterocycles. The van der Waals surface area contributed by atoms with Gasteiger partial charge in [-0.1, -0.05) is 11.6 Å². The van der Waals surface area contributed by atoms with E-state index in [4.69, 9.17) is 16.3 Å². The van der Waals surface area contributed by atoms with Crippen molar-refractivity contribution in [3.8, 4) is 11.5 Å². The van der Waals surface area contributed by atoms with E-state index < -0.39 is 0 Å². The molecule has 2 rings (SSSR count). The second-order valence-electron chi connectivity index (χ2n) is 2.68. The van der Waals surface area contributed by atoms with Crippen molar-refractivity contribution in [2.75, 3.05) is 0 Å². The number of aromatic nitrogens is 1. The summed E-state index contributed by atoms with van der Waals surface area (Å²) >= 11 is 5.74. The van der Waals surface area contributed by atoms with Gasteiger partial charge in [0.25, 0.3) is 0 Å². The van der Waals surface area contributed by atoms with Crippen molar-refractivity contribution in [1.29, 1.82) is 0 Å². The number of halogens is 1. The van der Waals surface area contributed by atoms with Gasteiger partial charge in [-0.05, 0) is 36.4 Å². The van der Waals surface area contributed by atoms with Crippen LogP contribution in [0.25, 0.3) is 0 Å². The van der Waals surface area contributed by atoms with Gasteiger partial charge in [-0.3, -0.25) is 4.98 Å². The number of hydrogen-bond acceptors (Lipinski definition) is 2. The Hall–Kier alpha value is -1.54. The molecule has 14 heavy (non-hydrogen) atoms. The lowest BCUT2D eigenvalue weighted by molar-refractivity contribution is 0.480. The van der Waals surface area contributed by atoms with Gasteiger partial charge in [0.2, 0.25) is 0 Å². The minimum Gasteiger partial charge on any atom is -0.456 e. The lowest BCUT2D eigenvalue weighted by Crippen LogP contribution is -1.83. The van der Waals surface area contributed by atoms with Crippen molar-refractivity contribution in [2.45, 2.75) is 0 Å².